The van der Waals surface area contributed by atoms with E-state index in [1.807, 2.05) is 0 Å². The third kappa shape index (κ3) is 7.35. The van der Waals surface area contributed by atoms with Crippen LogP contribution in [0.1, 0.15) is 44.9 Å². The maximum absolute atomic E-state index is 11.6. The molecule has 1 aliphatic carbocycles. The fourth-order valence-corrected chi connectivity index (χ4v) is 4.09. The molecule has 0 aromatic rings. The normalized spacial score (nSPS) is 20.4. The van der Waals surface area contributed by atoms with E-state index in [2.05, 4.69) is 5.32 Å². The summed E-state index contributed by atoms with van der Waals surface area (Å²) in [6.45, 7) is -0.0717. The number of aliphatic hydroxyl groups is 1. The van der Waals surface area contributed by atoms with Crippen molar-refractivity contribution in [3.05, 3.63) is 0 Å². The first-order valence-electron chi connectivity index (χ1n) is 7.96. The van der Waals surface area contributed by atoms with Gasteiger partial charge >= 0.3 is 8.03 Å². The summed E-state index contributed by atoms with van der Waals surface area (Å²) in [5.41, 5.74) is 9.99. The lowest BCUT2D eigenvalue weighted by Crippen LogP contribution is -2.45. The maximum atomic E-state index is 11.6. The van der Waals surface area contributed by atoms with Gasteiger partial charge in [0.2, 0.25) is 11.8 Å². The van der Waals surface area contributed by atoms with Crippen LogP contribution in [0.15, 0.2) is 0 Å². The Balaban J connectivity index is 2.43. The molecule has 1 saturated carbocycles. The predicted octanol–water partition coefficient (Wildman–Crippen LogP) is -0.260. The Labute approximate surface area is 136 Å². The number of nitrogens with two attached hydrogens (primary N) is 2. The summed E-state index contributed by atoms with van der Waals surface area (Å²) in [5, 5.41) is 12.5. The highest BCUT2D eigenvalue weighted by Gasteiger charge is 2.39. The molecule has 0 aliphatic heterocycles. The molecule has 0 bridgehead atoms. The van der Waals surface area contributed by atoms with Gasteiger partial charge < -0.3 is 21.9 Å². The van der Waals surface area contributed by atoms with Gasteiger partial charge in [0.1, 0.15) is 0 Å². The van der Waals surface area contributed by atoms with E-state index in [9.17, 15) is 24.2 Å². The predicted molar refractivity (Wildman–Crippen MR) is 85.6 cm³/mol. The fraction of sp³-hybridized carbons (Fsp3) is 0.857. The van der Waals surface area contributed by atoms with Crippen LogP contribution in [0.5, 0.6) is 0 Å². The molecule has 0 heterocycles. The molecule has 0 saturated heterocycles. The van der Waals surface area contributed by atoms with E-state index in [0.29, 0.717) is 0 Å². The van der Waals surface area contributed by atoms with E-state index in [4.69, 9.17) is 11.5 Å². The molecule has 0 aromatic heterocycles. The summed E-state index contributed by atoms with van der Waals surface area (Å²) < 4.78 is 11.6. The van der Waals surface area contributed by atoms with Crippen molar-refractivity contribution < 1.29 is 24.2 Å². The molecule has 9 heteroatoms. The van der Waals surface area contributed by atoms with Gasteiger partial charge in [-0.1, -0.05) is 19.3 Å². The minimum Gasteiger partial charge on any atom is -0.391 e. The maximum Gasteiger partial charge on any atom is 0.509 e. The summed E-state index contributed by atoms with van der Waals surface area (Å²) in [7, 11) is -2.38. The number of carbonyl (C=O) groups is 2. The third-order valence-electron chi connectivity index (χ3n) is 4.26. The van der Waals surface area contributed by atoms with Crippen molar-refractivity contribution in [2.24, 2.45) is 17.4 Å². The zero-order valence-electron chi connectivity index (χ0n) is 13.2. The molecule has 132 valence electrons. The number of hydrogen-bond acceptors (Lipinski definition) is 5. The summed E-state index contributed by atoms with van der Waals surface area (Å²) in [6, 6.07) is -1.05. The van der Waals surface area contributed by atoms with Gasteiger partial charge in [-0.15, -0.1) is 0 Å². The second-order valence-electron chi connectivity index (χ2n) is 6.18. The first kappa shape index (κ1) is 20.0. The first-order valence-corrected chi connectivity index (χ1v) is 9.24. The quantitative estimate of drug-likeness (QED) is 0.361. The van der Waals surface area contributed by atoms with Crippen molar-refractivity contribution in [2.45, 2.75) is 62.8 Å². The van der Waals surface area contributed by atoms with Crippen LogP contribution in [0, 0.1) is 5.92 Å². The lowest BCUT2D eigenvalue weighted by atomic mass is 9.85. The Morgan fingerprint density at radius 3 is 2.39 bits per heavy atom. The zero-order chi connectivity index (χ0) is 17.4. The topological polar surface area (TPSA) is 156 Å². The van der Waals surface area contributed by atoms with Crippen molar-refractivity contribution in [3.8, 4) is 0 Å². The van der Waals surface area contributed by atoms with Crippen LogP contribution in [-0.4, -0.2) is 46.2 Å². The number of carbonyl (C=O) groups excluding carboxylic acids is 2. The third-order valence-corrected chi connectivity index (χ3v) is 5.46. The lowest BCUT2D eigenvalue weighted by molar-refractivity contribution is -0.126. The minimum atomic E-state index is -2.38. The first-order chi connectivity index (χ1) is 10.8. The van der Waals surface area contributed by atoms with Gasteiger partial charge in [0.25, 0.3) is 0 Å². The van der Waals surface area contributed by atoms with Crippen LogP contribution in [0.3, 0.4) is 0 Å². The van der Waals surface area contributed by atoms with E-state index in [0.717, 1.165) is 32.1 Å². The van der Waals surface area contributed by atoms with E-state index < -0.39 is 37.6 Å². The molecule has 0 aromatic carbocycles. The molecule has 0 spiro atoms. The molecule has 4 atom stereocenters. The number of nitrogens with one attached hydrogen (secondary N) is 1. The molecule has 1 rings (SSSR count). The highest BCUT2D eigenvalue weighted by molar-refractivity contribution is 7.38. The van der Waals surface area contributed by atoms with Crippen LogP contribution < -0.4 is 16.8 Å². The highest BCUT2D eigenvalue weighted by atomic mass is 31.1. The zero-order valence-corrected chi connectivity index (χ0v) is 14.1. The second-order valence-corrected chi connectivity index (χ2v) is 7.45. The van der Waals surface area contributed by atoms with Crippen LogP contribution in [0.4, 0.5) is 0 Å². The molecule has 7 N–H and O–H groups in total. The molecule has 1 aliphatic rings. The van der Waals surface area contributed by atoms with E-state index in [1.165, 1.54) is 0 Å². The standard InChI is InChI=1S/C14H26N3O5P/c15-11(7-13(16)19)14(20)17-8-10(18)6-12(23(21)22)9-4-2-1-3-5-9/h9-12,18H,1-8,15H2,(H3-,16,17,19,20,21,22)/p+1/t10-,11+,12?/m1/s1. The highest BCUT2D eigenvalue weighted by Crippen LogP contribution is 2.40. The molecular weight excluding hydrogens is 321 g/mol. The van der Waals surface area contributed by atoms with Gasteiger partial charge in [-0.25, -0.2) is 0 Å². The summed E-state index contributed by atoms with van der Waals surface area (Å²) in [5.74, 6) is -1.12. The fourth-order valence-electron chi connectivity index (χ4n) is 3.00. The van der Waals surface area contributed by atoms with Gasteiger partial charge in [0.05, 0.1) is 18.6 Å². The Kier molecular flexibility index (Phi) is 8.62. The second kappa shape index (κ2) is 9.93. The summed E-state index contributed by atoms with van der Waals surface area (Å²) >= 11 is 0. The number of rotatable bonds is 9. The smallest absolute Gasteiger partial charge is 0.391 e. The molecular formula is C14H27N3O5P+. The van der Waals surface area contributed by atoms with Crippen LogP contribution in [-0.2, 0) is 14.2 Å². The average Bonchev–Trinajstić information content (AvgIpc) is 2.50. The molecule has 1 fully saturated rings. The van der Waals surface area contributed by atoms with E-state index in [1.54, 1.807) is 0 Å². The number of hydrogen-bond donors (Lipinski definition) is 5. The Hall–Kier alpha value is -1.08. The Morgan fingerprint density at radius 2 is 1.87 bits per heavy atom. The van der Waals surface area contributed by atoms with Crippen molar-refractivity contribution in [1.29, 1.82) is 0 Å². The van der Waals surface area contributed by atoms with Crippen molar-refractivity contribution in [2.75, 3.05) is 6.54 Å². The molecule has 2 amide bonds. The number of primary amides is 1. The van der Waals surface area contributed by atoms with Crippen molar-refractivity contribution >= 4 is 19.8 Å². The molecule has 2 unspecified atom stereocenters. The largest absolute Gasteiger partial charge is 0.509 e. The number of aliphatic hydroxyl groups excluding tert-OH is 1. The molecule has 0 radical (unpaired) electrons. The Morgan fingerprint density at radius 1 is 1.26 bits per heavy atom. The van der Waals surface area contributed by atoms with Gasteiger partial charge in [-0.3, -0.25) is 9.59 Å². The van der Waals surface area contributed by atoms with Crippen LogP contribution in [0.25, 0.3) is 0 Å². The van der Waals surface area contributed by atoms with Gasteiger partial charge in [0.15, 0.2) is 5.66 Å². The van der Waals surface area contributed by atoms with Crippen LogP contribution >= 0.6 is 8.03 Å². The molecule has 8 nitrogen and oxygen atoms in total. The van der Waals surface area contributed by atoms with Crippen LogP contribution in [0.2, 0.25) is 0 Å². The average molecular weight is 348 g/mol. The summed E-state index contributed by atoms with van der Waals surface area (Å²) in [6.07, 6.45) is 3.97. The monoisotopic (exact) mass is 348 g/mol. The SMILES string of the molecule is NC(=O)C[C@H](N)C(=O)NC[C@H](O)CC(C1CCCCC1)[P+](=O)O. The van der Waals surface area contributed by atoms with Gasteiger partial charge in [0, 0.05) is 18.9 Å². The minimum absolute atomic E-state index is 0.0717. The summed E-state index contributed by atoms with van der Waals surface area (Å²) in [4.78, 5) is 31.9. The van der Waals surface area contributed by atoms with E-state index >= 15 is 0 Å². The van der Waals surface area contributed by atoms with Crippen molar-refractivity contribution in [1.82, 2.24) is 5.32 Å². The number of amides is 2. The molecule has 23 heavy (non-hydrogen) atoms. The van der Waals surface area contributed by atoms with Gasteiger partial charge in [-0.2, -0.15) is 4.89 Å². The van der Waals surface area contributed by atoms with Crippen molar-refractivity contribution in [3.63, 3.8) is 0 Å². The Bertz CT molecular complexity index is 429. The van der Waals surface area contributed by atoms with E-state index in [-0.39, 0.29) is 25.3 Å². The lowest BCUT2D eigenvalue weighted by Gasteiger charge is -2.24. The van der Waals surface area contributed by atoms with Gasteiger partial charge in [-0.05, 0) is 17.4 Å².